The molecule has 4 saturated heterocycles. The van der Waals surface area contributed by atoms with Crippen LogP contribution in [0.15, 0.2) is 0 Å². The summed E-state index contributed by atoms with van der Waals surface area (Å²) < 4.78 is 0. The number of ketones is 3. The average molecular weight is 2110 g/mol. The summed E-state index contributed by atoms with van der Waals surface area (Å²) in [6, 6.07) is -4.32. The molecule has 4 fully saturated rings. The van der Waals surface area contributed by atoms with Crippen LogP contribution in [0, 0.1) is 45.4 Å². The minimum atomic E-state index is -1.74. The molecule has 0 spiro atoms. The molecule has 54 heteroatoms. The zero-order valence-corrected chi connectivity index (χ0v) is 81.8. The molecule has 0 bridgehead atoms. The molecule has 0 aromatic heterocycles. The zero-order valence-electron chi connectivity index (χ0n) is 79.5. The smallest absolute Gasteiger partial charge is 0.549 e. The number of nitrogens with one attached hydrogen (secondary N) is 6. The maximum Gasteiger partial charge on any atom is 3.00 e. The third-order valence-electron chi connectivity index (χ3n) is 24.5. The second-order valence-electron chi connectivity index (χ2n) is 35.2. The van der Waals surface area contributed by atoms with Crippen LogP contribution in [0.25, 0.3) is 0 Å². The Kier molecular flexibility index (Phi) is 58.4. The van der Waals surface area contributed by atoms with Gasteiger partial charge in [-0.2, -0.15) is 0 Å². The Hall–Kier alpha value is -9.32. The fourth-order valence-electron chi connectivity index (χ4n) is 16.2. The topological polar surface area (TPSA) is 691 Å². The van der Waals surface area contributed by atoms with Crippen molar-refractivity contribution in [3.63, 3.8) is 0 Å². The normalized spacial score (nSPS) is 19.5. The predicted octanol–water partition coefficient (Wildman–Crippen LogP) is -12.0. The van der Waals surface area contributed by atoms with Gasteiger partial charge in [0.1, 0.15) is 11.6 Å². The summed E-state index contributed by atoms with van der Waals surface area (Å²) in [6.07, 6.45) is -1.92. The van der Waals surface area contributed by atoms with Crippen molar-refractivity contribution in [3.8, 4) is 0 Å². The number of Topliss-reactive ketones (excluding diaryl/α,β-unsaturated/α-hetero) is 3. The van der Waals surface area contributed by atoms with Crippen molar-refractivity contribution < 1.29 is 192 Å². The summed E-state index contributed by atoms with van der Waals surface area (Å²) in [6.45, 7) is 0.259. The van der Waals surface area contributed by atoms with E-state index in [9.17, 15) is 152 Å². The van der Waals surface area contributed by atoms with E-state index < -0.39 is 279 Å². The van der Waals surface area contributed by atoms with Gasteiger partial charge >= 0.3 is 99.6 Å². The fourth-order valence-corrected chi connectivity index (χ4v) is 16.2. The van der Waals surface area contributed by atoms with Gasteiger partial charge in [-0.25, -0.2) is 0 Å². The Morgan fingerprint density at radius 1 is 0.254 bits per heavy atom. The SMILES string of the molecule is CC(=O)CN1CCN(CC(=O)O)CCN(C(C)C(=O)CCC(=O)NCC(CCC(=O)CNC(=O)C(C)N2CCN(CC(=O)[O-])CCN(CC(=O)O)CCN(CC(=O)O)CC2)(CNC(=O)CNC(=O)C(C)N2CCN(CC(=O)O)CCN(CC(=O)O)CCN(CC(=O)O)CC2)CNC(=O)CNC(=O)C(C)N2CCN(CC(=O)O)CCN(CC(=O)O)CCN(CC(=O)O)CC2)CCN(CC(=O)O)CC1.[Gd+3]. The second kappa shape index (κ2) is 65.6. The molecule has 4 atom stereocenters. The van der Waals surface area contributed by atoms with Gasteiger partial charge in [-0.15, -0.1) is 0 Å². The zero-order chi connectivity index (χ0) is 102. The standard InChI is InChI=1S/C84H144N22O31.Gd/c1-60(107)45-91-10-12-95(49-73(119)120)26-34-103(35-27-96(13-11-91)50-74(121)122)61(2)66(109)6-7-67(110)88-57-84(9-8-65(108)42-85-81(135)62(3)104-36-28-97(51-75(123)124)20-14-92(46-70(113)114)15-21-98(29-37-104)52-76(125)126,58-89-68(111)43-86-82(136)63(4)105-38-30-99(53-77(127)128)22-16-93(47-71(115)116)17-23-100(31-39-105)54-78(129)130)59-90-69(112)44-87-83(137)64(5)106-40-32-101(55-79(131)132)24-18-94(48-72(117)118)19-25-102(33-41-106)56-80(133)134;/h61-64H,6-59H2,1-5H3,(H,85,135)(H,86,136)(H,87,137)(H,88,110)(H,89,111)(H,90,112)(H,113,114)(H,115,116)(H,117,118)(H,119,120)(H,121,122)(H,123,124)(H,125,126)(H,127,128)(H,129,130)(H,131,132)(H,133,134);/q;+3/p-1. The Morgan fingerprint density at radius 3 is 0.667 bits per heavy atom. The third-order valence-corrected chi connectivity index (χ3v) is 24.5. The van der Waals surface area contributed by atoms with E-state index in [1.54, 1.807) is 51.0 Å². The van der Waals surface area contributed by atoms with Crippen LogP contribution in [-0.4, -0.2) is 599 Å². The molecule has 781 valence electrons. The number of aliphatic carboxylic acids is 11. The first-order valence-corrected chi connectivity index (χ1v) is 45.8. The Balaban J connectivity index is 0.0000490. The largest absolute Gasteiger partial charge is 3.00 e. The van der Waals surface area contributed by atoms with E-state index in [1.807, 2.05) is 0 Å². The Bertz CT molecular complexity index is 3400. The molecule has 4 aliphatic rings. The first-order chi connectivity index (χ1) is 64.6. The van der Waals surface area contributed by atoms with Gasteiger partial charge in [-0.1, -0.05) is 0 Å². The third kappa shape index (κ3) is 52.8. The van der Waals surface area contributed by atoms with E-state index in [0.29, 0.717) is 0 Å². The van der Waals surface area contributed by atoms with Crippen LogP contribution in [-0.2, 0) is 95.9 Å². The number of rotatable bonds is 50. The number of carboxylic acids is 11. The maximum atomic E-state index is 14.6. The summed E-state index contributed by atoms with van der Waals surface area (Å²) >= 11 is 0. The first kappa shape index (κ1) is 123. The van der Waals surface area contributed by atoms with E-state index in [-0.39, 0.29) is 262 Å². The Labute approximate surface area is 833 Å². The van der Waals surface area contributed by atoms with Gasteiger partial charge in [0.05, 0.1) is 122 Å². The van der Waals surface area contributed by atoms with E-state index >= 15 is 0 Å². The molecular weight excluding hydrogens is 1970 g/mol. The van der Waals surface area contributed by atoms with Crippen molar-refractivity contribution in [3.05, 3.63) is 0 Å². The van der Waals surface area contributed by atoms with E-state index in [1.165, 1.54) is 62.0 Å². The summed E-state index contributed by atoms with van der Waals surface area (Å²) in [5.74, 6) is -19.6. The molecule has 1 radical (unpaired) electrons. The fraction of sp³-hybridized carbons (Fsp3) is 0.762. The molecule has 0 saturated carbocycles. The van der Waals surface area contributed by atoms with Crippen molar-refractivity contribution in [2.24, 2.45) is 5.41 Å². The van der Waals surface area contributed by atoms with E-state index in [4.69, 9.17) is 0 Å². The minimum Gasteiger partial charge on any atom is -0.549 e. The van der Waals surface area contributed by atoms with E-state index in [0.717, 1.165) is 0 Å². The van der Waals surface area contributed by atoms with Crippen molar-refractivity contribution in [2.75, 3.05) is 327 Å². The number of carbonyl (C=O) groups is 20. The summed E-state index contributed by atoms with van der Waals surface area (Å²) in [5, 5.41) is 126. The number of amides is 6. The molecule has 0 aromatic carbocycles. The molecule has 138 heavy (non-hydrogen) atoms. The van der Waals surface area contributed by atoms with Crippen LogP contribution in [0.1, 0.15) is 60.3 Å². The van der Waals surface area contributed by atoms with Gasteiger partial charge in [-0.05, 0) is 41.0 Å². The van der Waals surface area contributed by atoms with Crippen molar-refractivity contribution in [2.45, 2.75) is 84.5 Å². The molecule has 4 heterocycles. The summed E-state index contributed by atoms with van der Waals surface area (Å²) in [4.78, 5) is 286. The summed E-state index contributed by atoms with van der Waals surface area (Å²) in [5.41, 5.74) is -1.74. The number of nitrogens with zero attached hydrogens (tertiary/aromatic N) is 16. The summed E-state index contributed by atoms with van der Waals surface area (Å²) in [7, 11) is 0. The van der Waals surface area contributed by atoms with Crippen LogP contribution in [0.2, 0.25) is 0 Å². The van der Waals surface area contributed by atoms with Crippen LogP contribution >= 0.6 is 0 Å². The minimum absolute atomic E-state index is 0. The van der Waals surface area contributed by atoms with Crippen LogP contribution in [0.5, 0.6) is 0 Å². The van der Waals surface area contributed by atoms with Crippen molar-refractivity contribution >= 4 is 118 Å². The molecule has 6 amide bonds. The van der Waals surface area contributed by atoms with E-state index in [2.05, 4.69) is 31.9 Å². The van der Waals surface area contributed by atoms with Gasteiger partial charge in [-0.3, -0.25) is 169 Å². The average Bonchev–Trinajstić information content (AvgIpc) is 0.832. The maximum absolute atomic E-state index is 14.6. The molecule has 53 nitrogen and oxygen atoms in total. The molecule has 16 N–H and O–H groups in total. The van der Waals surface area contributed by atoms with Gasteiger partial charge < -0.3 is 92.9 Å². The molecule has 0 aliphatic carbocycles. The molecule has 4 rings (SSSR count). The monoisotopic (exact) mass is 2110 g/mol. The molecule has 0 aromatic rings. The second-order valence-corrected chi connectivity index (χ2v) is 35.2. The molecular formula is C84H143GdN22O31+2. The number of carboxylic acid groups (broad SMARTS) is 11. The van der Waals surface area contributed by atoms with Crippen molar-refractivity contribution in [1.29, 1.82) is 0 Å². The van der Waals surface area contributed by atoms with Gasteiger partial charge in [0, 0.05) is 260 Å². The quantitative estimate of drug-likeness (QED) is 0.0269. The first-order valence-electron chi connectivity index (χ1n) is 45.8. The van der Waals surface area contributed by atoms with Crippen LogP contribution in [0.3, 0.4) is 0 Å². The number of hydrogen-bond donors (Lipinski definition) is 16. The van der Waals surface area contributed by atoms with Crippen LogP contribution < -0.4 is 37.0 Å². The van der Waals surface area contributed by atoms with Crippen molar-refractivity contribution in [1.82, 2.24) is 110 Å². The van der Waals surface area contributed by atoms with Crippen LogP contribution in [0.4, 0.5) is 0 Å². The molecule has 4 unspecified atom stereocenters. The predicted molar refractivity (Wildman–Crippen MR) is 482 cm³/mol. The number of carbonyl (C=O) groups excluding carboxylic acids is 10. The van der Waals surface area contributed by atoms with Gasteiger partial charge in [0.15, 0.2) is 5.78 Å². The van der Waals surface area contributed by atoms with Gasteiger partial charge in [0.2, 0.25) is 35.4 Å². The number of hydrogen-bond acceptors (Lipinski definition) is 37. The Morgan fingerprint density at radius 2 is 0.449 bits per heavy atom. The van der Waals surface area contributed by atoms with Gasteiger partial charge in [0.25, 0.3) is 0 Å². The molecule has 4 aliphatic heterocycles.